The molecular weight excluding hydrogens is 644 g/mol. The zero-order valence-electron chi connectivity index (χ0n) is 24.1. The first-order valence-corrected chi connectivity index (χ1v) is 14.6. The Bertz CT molecular complexity index is 2140. The lowest BCUT2D eigenvalue weighted by atomic mass is 10.2. The van der Waals surface area contributed by atoms with E-state index in [4.69, 9.17) is 23.6 Å². The van der Waals surface area contributed by atoms with Crippen LogP contribution < -0.4 is 19.8 Å². The summed E-state index contributed by atoms with van der Waals surface area (Å²) in [6.07, 6.45) is 1.53. The van der Waals surface area contributed by atoms with Crippen LogP contribution in [0.5, 0.6) is 17.2 Å². The summed E-state index contributed by atoms with van der Waals surface area (Å²) in [4.78, 5) is 29.0. The Kier molecular flexibility index (Phi) is 8.30. The summed E-state index contributed by atoms with van der Waals surface area (Å²) in [6.45, 7) is 2.38. The highest BCUT2D eigenvalue weighted by Crippen LogP contribution is 2.37. The number of nitro benzene ring substituents is 1. The molecule has 2 aromatic heterocycles. The average molecular weight is 669 g/mol. The van der Waals surface area contributed by atoms with Gasteiger partial charge in [-0.2, -0.15) is 9.78 Å². The van der Waals surface area contributed by atoms with Crippen LogP contribution in [0.25, 0.3) is 33.5 Å². The summed E-state index contributed by atoms with van der Waals surface area (Å²) < 4.78 is 25.3. The molecule has 2 heterocycles. The topological polar surface area (TPSA) is 131 Å². The molecule has 0 amide bonds. The summed E-state index contributed by atoms with van der Waals surface area (Å²) in [5.41, 5.74) is 2.09. The number of para-hydroxylation sites is 1. The molecular formula is C33H25BrN4O7. The first-order valence-electron chi connectivity index (χ1n) is 13.8. The molecule has 11 nitrogen and oxygen atoms in total. The van der Waals surface area contributed by atoms with E-state index in [1.165, 1.54) is 23.0 Å². The predicted octanol–water partition coefficient (Wildman–Crippen LogP) is 7.35. The highest BCUT2D eigenvalue weighted by atomic mass is 79.9. The maximum absolute atomic E-state index is 13.7. The van der Waals surface area contributed by atoms with Gasteiger partial charge in [-0.05, 0) is 88.6 Å². The summed E-state index contributed by atoms with van der Waals surface area (Å²) in [7, 11) is 1.58. The molecule has 0 fully saturated rings. The Balaban J connectivity index is 1.38. The van der Waals surface area contributed by atoms with Gasteiger partial charge in [0.25, 0.3) is 11.2 Å². The number of rotatable bonds is 10. The van der Waals surface area contributed by atoms with Gasteiger partial charge in [-0.3, -0.25) is 14.9 Å². The molecule has 0 radical (unpaired) electrons. The number of furan rings is 1. The molecule has 6 rings (SSSR count). The van der Waals surface area contributed by atoms with Crippen molar-refractivity contribution in [2.45, 2.75) is 13.5 Å². The molecule has 0 bridgehead atoms. The molecule has 226 valence electrons. The lowest BCUT2D eigenvalue weighted by Gasteiger charge is -2.15. The van der Waals surface area contributed by atoms with E-state index in [0.29, 0.717) is 56.1 Å². The SMILES string of the molecule is CCOc1cc(C=Nn2c(-c3cc4c(OC)cccc4o3)nc3ccccc3c2=O)cc(Br)c1OCc1ccc([N+](=O)[O-])cc1. The van der Waals surface area contributed by atoms with Gasteiger partial charge in [0.15, 0.2) is 17.3 Å². The Morgan fingerprint density at radius 2 is 1.80 bits per heavy atom. The Hall–Kier alpha value is -5.49. The van der Waals surface area contributed by atoms with E-state index in [-0.39, 0.29) is 23.7 Å². The van der Waals surface area contributed by atoms with Crippen molar-refractivity contribution in [2.24, 2.45) is 5.10 Å². The van der Waals surface area contributed by atoms with Gasteiger partial charge in [0.2, 0.25) is 5.82 Å². The molecule has 45 heavy (non-hydrogen) atoms. The average Bonchev–Trinajstić information content (AvgIpc) is 3.49. The zero-order valence-corrected chi connectivity index (χ0v) is 25.7. The normalized spacial score (nSPS) is 11.4. The summed E-state index contributed by atoms with van der Waals surface area (Å²) >= 11 is 3.57. The van der Waals surface area contributed by atoms with Gasteiger partial charge in [0.1, 0.15) is 17.9 Å². The van der Waals surface area contributed by atoms with Crippen molar-refractivity contribution in [3.8, 4) is 28.8 Å². The molecule has 0 N–H and O–H groups in total. The number of hydrogen-bond acceptors (Lipinski definition) is 9. The fraction of sp³-hybridized carbons (Fsp3) is 0.121. The predicted molar refractivity (Wildman–Crippen MR) is 173 cm³/mol. The van der Waals surface area contributed by atoms with E-state index in [1.54, 1.807) is 55.6 Å². The van der Waals surface area contributed by atoms with Gasteiger partial charge in [0.05, 0.1) is 45.6 Å². The van der Waals surface area contributed by atoms with Crippen molar-refractivity contribution in [3.63, 3.8) is 0 Å². The van der Waals surface area contributed by atoms with E-state index >= 15 is 0 Å². The molecule has 0 saturated heterocycles. The largest absolute Gasteiger partial charge is 0.496 e. The Morgan fingerprint density at radius 1 is 1.00 bits per heavy atom. The number of nitrogens with zero attached hydrogens (tertiary/aromatic N) is 4. The van der Waals surface area contributed by atoms with Crippen LogP contribution in [0.4, 0.5) is 5.69 Å². The summed E-state index contributed by atoms with van der Waals surface area (Å²) in [5.74, 6) is 2.10. The van der Waals surface area contributed by atoms with Crippen LogP contribution in [-0.2, 0) is 6.61 Å². The van der Waals surface area contributed by atoms with Crippen molar-refractivity contribution >= 4 is 49.7 Å². The van der Waals surface area contributed by atoms with Crippen molar-refractivity contribution in [2.75, 3.05) is 13.7 Å². The molecule has 6 aromatic rings. The van der Waals surface area contributed by atoms with E-state index in [9.17, 15) is 14.9 Å². The van der Waals surface area contributed by atoms with Gasteiger partial charge in [0, 0.05) is 12.1 Å². The van der Waals surface area contributed by atoms with Crippen LogP contribution in [-0.4, -0.2) is 34.5 Å². The first-order chi connectivity index (χ1) is 21.9. The van der Waals surface area contributed by atoms with Gasteiger partial charge in [-0.15, -0.1) is 0 Å². The third-order valence-corrected chi connectivity index (χ3v) is 7.49. The second-order valence-electron chi connectivity index (χ2n) is 9.77. The Labute approximate surface area is 264 Å². The minimum absolute atomic E-state index is 0.00232. The smallest absolute Gasteiger partial charge is 0.282 e. The van der Waals surface area contributed by atoms with E-state index in [0.717, 1.165) is 10.9 Å². The van der Waals surface area contributed by atoms with Crippen molar-refractivity contribution < 1.29 is 23.6 Å². The highest BCUT2D eigenvalue weighted by Gasteiger charge is 2.18. The van der Waals surface area contributed by atoms with E-state index in [1.807, 2.05) is 31.2 Å². The number of halogens is 1. The number of fused-ring (bicyclic) bond motifs is 2. The molecule has 0 aliphatic carbocycles. The van der Waals surface area contributed by atoms with Crippen molar-refractivity contribution in [1.82, 2.24) is 9.66 Å². The second kappa shape index (κ2) is 12.6. The molecule has 0 aliphatic rings. The first kappa shape index (κ1) is 29.6. The van der Waals surface area contributed by atoms with Crippen LogP contribution in [0.1, 0.15) is 18.1 Å². The maximum atomic E-state index is 13.7. The monoisotopic (exact) mass is 668 g/mol. The summed E-state index contributed by atoms with van der Waals surface area (Å²) in [6, 6.07) is 23.9. The molecule has 0 aliphatic heterocycles. The van der Waals surface area contributed by atoms with Gasteiger partial charge < -0.3 is 18.6 Å². The second-order valence-corrected chi connectivity index (χ2v) is 10.6. The van der Waals surface area contributed by atoms with Crippen molar-refractivity contribution in [3.05, 3.63) is 121 Å². The van der Waals surface area contributed by atoms with Crippen LogP contribution >= 0.6 is 15.9 Å². The third-order valence-electron chi connectivity index (χ3n) is 6.90. The fourth-order valence-corrected chi connectivity index (χ4v) is 5.35. The quantitative estimate of drug-likeness (QED) is 0.0841. The van der Waals surface area contributed by atoms with E-state index in [2.05, 4.69) is 21.0 Å². The van der Waals surface area contributed by atoms with Crippen LogP contribution in [0.2, 0.25) is 0 Å². The maximum Gasteiger partial charge on any atom is 0.282 e. The number of nitro groups is 1. The third kappa shape index (κ3) is 6.00. The molecule has 0 spiro atoms. The lowest BCUT2D eigenvalue weighted by Crippen LogP contribution is -2.20. The lowest BCUT2D eigenvalue weighted by molar-refractivity contribution is -0.384. The molecule has 0 saturated carbocycles. The molecule has 0 atom stereocenters. The van der Waals surface area contributed by atoms with Crippen LogP contribution in [0.3, 0.4) is 0 Å². The minimum atomic E-state index is -0.451. The summed E-state index contributed by atoms with van der Waals surface area (Å²) in [5, 5.41) is 16.7. The van der Waals surface area contributed by atoms with Crippen LogP contribution in [0, 0.1) is 10.1 Å². The fourth-order valence-electron chi connectivity index (χ4n) is 4.77. The zero-order chi connectivity index (χ0) is 31.5. The Morgan fingerprint density at radius 3 is 2.56 bits per heavy atom. The number of methoxy groups -OCH3 is 1. The van der Waals surface area contributed by atoms with E-state index < -0.39 is 4.92 Å². The highest BCUT2D eigenvalue weighted by molar-refractivity contribution is 9.10. The number of non-ortho nitro benzene ring substituents is 1. The van der Waals surface area contributed by atoms with Gasteiger partial charge >= 0.3 is 0 Å². The number of ether oxygens (including phenoxy) is 3. The number of hydrogen-bond donors (Lipinski definition) is 0. The number of aromatic nitrogens is 2. The van der Waals surface area contributed by atoms with Gasteiger partial charge in [-0.1, -0.05) is 18.2 Å². The van der Waals surface area contributed by atoms with Gasteiger partial charge in [-0.25, -0.2) is 4.98 Å². The minimum Gasteiger partial charge on any atom is -0.496 e. The molecule has 0 unspecified atom stereocenters. The number of benzene rings is 4. The standard InChI is InChI=1S/C33H25BrN4O7/c1-3-43-29-16-21(15-25(34)31(29)44-19-20-11-13-22(14-12-20)38(40)41)18-35-37-32(36-26-8-5-4-7-23(26)33(37)39)30-17-24-27(42-2)9-6-10-28(24)45-30/h4-18H,3,19H2,1-2H3. The molecule has 12 heteroatoms. The van der Waals surface area contributed by atoms with Crippen molar-refractivity contribution in [1.29, 1.82) is 0 Å². The van der Waals surface area contributed by atoms with Crippen LogP contribution in [0.15, 0.2) is 104 Å². The molecule has 4 aromatic carbocycles.